The number of urea groups is 1. The van der Waals surface area contributed by atoms with Crippen LogP contribution in [0, 0.1) is 0 Å². The second-order valence-electron chi connectivity index (χ2n) is 8.15. The van der Waals surface area contributed by atoms with E-state index in [0.29, 0.717) is 0 Å². The molecule has 1 aliphatic heterocycles. The van der Waals surface area contributed by atoms with Crippen LogP contribution >= 0.6 is 0 Å². The van der Waals surface area contributed by atoms with Crippen molar-refractivity contribution in [3.63, 3.8) is 0 Å². The highest BCUT2D eigenvalue weighted by molar-refractivity contribution is 5.74. The van der Waals surface area contributed by atoms with Gasteiger partial charge in [-0.2, -0.15) is 0 Å². The molecule has 4 rings (SSSR count). The molecule has 2 N–H and O–H groups in total. The Kier molecular flexibility index (Phi) is 5.95. The van der Waals surface area contributed by atoms with Gasteiger partial charge in [-0.3, -0.25) is 0 Å². The van der Waals surface area contributed by atoms with Crippen LogP contribution in [0.15, 0.2) is 43.0 Å². The minimum absolute atomic E-state index is 0.0537. The number of hydrogen-bond donors (Lipinski definition) is 2. The summed E-state index contributed by atoms with van der Waals surface area (Å²) in [6.45, 7) is 4.24. The van der Waals surface area contributed by atoms with Crippen LogP contribution in [0.2, 0.25) is 0 Å². The van der Waals surface area contributed by atoms with Crippen molar-refractivity contribution in [1.29, 1.82) is 0 Å². The van der Waals surface area contributed by atoms with E-state index >= 15 is 0 Å². The number of likely N-dealkylation sites (tertiary alicyclic amines) is 1. The predicted molar refractivity (Wildman–Crippen MR) is 110 cm³/mol. The van der Waals surface area contributed by atoms with E-state index in [1.54, 1.807) is 12.5 Å². The fraction of sp³-hybridized carbons (Fsp3) is 0.545. The Morgan fingerprint density at radius 2 is 1.96 bits per heavy atom. The number of benzene rings is 1. The lowest BCUT2D eigenvalue weighted by atomic mass is 10.0. The molecule has 2 heterocycles. The van der Waals surface area contributed by atoms with Gasteiger partial charge in [0.25, 0.3) is 0 Å². The zero-order valence-corrected chi connectivity index (χ0v) is 16.7. The van der Waals surface area contributed by atoms with Gasteiger partial charge in [-0.25, -0.2) is 9.78 Å². The molecule has 1 aromatic carbocycles. The number of rotatable bonds is 5. The van der Waals surface area contributed by atoms with Crippen molar-refractivity contribution >= 4 is 6.03 Å². The van der Waals surface area contributed by atoms with E-state index in [1.165, 1.54) is 25.7 Å². The molecular formula is C22H31N5O. The lowest BCUT2D eigenvalue weighted by Gasteiger charge is -2.36. The Balaban J connectivity index is 1.26. The summed E-state index contributed by atoms with van der Waals surface area (Å²) in [7, 11) is 0. The maximum absolute atomic E-state index is 12.5. The highest BCUT2D eigenvalue weighted by atomic mass is 16.2. The fourth-order valence-corrected chi connectivity index (χ4v) is 4.55. The fourth-order valence-electron chi connectivity index (χ4n) is 4.55. The number of piperidine rings is 1. The summed E-state index contributed by atoms with van der Waals surface area (Å²) in [5.41, 5.74) is 2.13. The topological polar surface area (TPSA) is 62.2 Å². The first-order chi connectivity index (χ1) is 13.7. The van der Waals surface area contributed by atoms with Gasteiger partial charge in [0.2, 0.25) is 0 Å². The molecule has 28 heavy (non-hydrogen) atoms. The highest BCUT2D eigenvalue weighted by Gasteiger charge is 2.27. The van der Waals surface area contributed by atoms with Crippen molar-refractivity contribution in [1.82, 2.24) is 25.1 Å². The molecule has 1 saturated carbocycles. The molecule has 2 fully saturated rings. The minimum Gasteiger partial charge on any atom is -0.335 e. The molecule has 6 heteroatoms. The van der Waals surface area contributed by atoms with Crippen LogP contribution in [0.3, 0.4) is 0 Å². The van der Waals surface area contributed by atoms with E-state index < -0.39 is 0 Å². The standard InChI is InChI=1S/C22H31N5O/c1-17(18-5-4-8-21(15-18)27-14-11-23-16-27)24-22(28)25-19-9-12-26(13-10-19)20-6-2-3-7-20/h4-5,8,11,14-17,19-20H,2-3,6-7,9-10,12-13H2,1H3,(H2,24,25,28). The van der Waals surface area contributed by atoms with Gasteiger partial charge in [0.15, 0.2) is 0 Å². The van der Waals surface area contributed by atoms with E-state index in [-0.39, 0.29) is 18.1 Å². The Hall–Kier alpha value is -2.34. The zero-order valence-electron chi connectivity index (χ0n) is 16.7. The smallest absolute Gasteiger partial charge is 0.315 e. The predicted octanol–water partition coefficient (Wildman–Crippen LogP) is 3.64. The molecule has 2 aliphatic rings. The summed E-state index contributed by atoms with van der Waals surface area (Å²) >= 11 is 0. The van der Waals surface area contributed by atoms with Gasteiger partial charge in [0, 0.05) is 43.3 Å². The number of aromatic nitrogens is 2. The normalized spacial score (nSPS) is 20.2. The summed E-state index contributed by atoms with van der Waals surface area (Å²) in [6.07, 6.45) is 13.0. The van der Waals surface area contributed by atoms with Gasteiger partial charge in [0.05, 0.1) is 12.4 Å². The van der Waals surface area contributed by atoms with Crippen molar-refractivity contribution in [3.05, 3.63) is 48.5 Å². The molecule has 150 valence electrons. The molecule has 2 amide bonds. The first-order valence-electron chi connectivity index (χ1n) is 10.6. The lowest BCUT2D eigenvalue weighted by Crippen LogP contribution is -2.50. The molecule has 1 aromatic heterocycles. The molecule has 2 aromatic rings. The van der Waals surface area contributed by atoms with Gasteiger partial charge in [-0.15, -0.1) is 0 Å². The van der Waals surface area contributed by atoms with Gasteiger partial charge in [-0.05, 0) is 50.3 Å². The van der Waals surface area contributed by atoms with Crippen molar-refractivity contribution in [2.24, 2.45) is 0 Å². The quantitative estimate of drug-likeness (QED) is 0.831. The summed E-state index contributed by atoms with van der Waals surface area (Å²) in [5, 5.41) is 6.27. The second kappa shape index (κ2) is 8.78. The Bertz CT molecular complexity index is 761. The molecule has 0 spiro atoms. The molecular weight excluding hydrogens is 350 g/mol. The van der Waals surface area contributed by atoms with Crippen LogP contribution in [0.5, 0.6) is 0 Å². The maximum atomic E-state index is 12.5. The van der Waals surface area contributed by atoms with Crippen LogP contribution in [-0.2, 0) is 0 Å². The zero-order chi connectivity index (χ0) is 19.3. The summed E-state index contributed by atoms with van der Waals surface area (Å²) in [4.78, 5) is 19.2. The number of hydrogen-bond acceptors (Lipinski definition) is 3. The Morgan fingerprint density at radius 3 is 2.68 bits per heavy atom. The van der Waals surface area contributed by atoms with E-state index in [0.717, 1.165) is 43.2 Å². The Morgan fingerprint density at radius 1 is 1.18 bits per heavy atom. The van der Waals surface area contributed by atoms with Crippen LogP contribution in [-0.4, -0.2) is 45.7 Å². The second-order valence-corrected chi connectivity index (χ2v) is 8.15. The summed E-state index contributed by atoms with van der Waals surface area (Å²) in [5.74, 6) is 0. The van der Waals surface area contributed by atoms with Crippen molar-refractivity contribution in [3.8, 4) is 5.69 Å². The van der Waals surface area contributed by atoms with Crippen LogP contribution in [0.25, 0.3) is 5.69 Å². The molecule has 0 radical (unpaired) electrons. The lowest BCUT2D eigenvalue weighted by molar-refractivity contribution is 0.145. The molecule has 6 nitrogen and oxygen atoms in total. The van der Waals surface area contributed by atoms with Gasteiger partial charge >= 0.3 is 6.03 Å². The van der Waals surface area contributed by atoms with Crippen LogP contribution < -0.4 is 10.6 Å². The average molecular weight is 382 g/mol. The minimum atomic E-state index is -0.0696. The summed E-state index contributed by atoms with van der Waals surface area (Å²) < 4.78 is 1.97. The molecule has 1 aliphatic carbocycles. The van der Waals surface area contributed by atoms with E-state index in [4.69, 9.17) is 0 Å². The number of nitrogens with zero attached hydrogens (tertiary/aromatic N) is 3. The largest absolute Gasteiger partial charge is 0.335 e. The van der Waals surface area contributed by atoms with E-state index in [9.17, 15) is 4.79 Å². The number of nitrogens with one attached hydrogen (secondary N) is 2. The number of carbonyl (C=O) groups excluding carboxylic acids is 1. The third-order valence-electron chi connectivity index (χ3n) is 6.23. The third-order valence-corrected chi connectivity index (χ3v) is 6.23. The van der Waals surface area contributed by atoms with Gasteiger partial charge in [0.1, 0.15) is 0 Å². The molecule has 1 saturated heterocycles. The maximum Gasteiger partial charge on any atom is 0.315 e. The molecule has 0 bridgehead atoms. The Labute approximate surface area is 167 Å². The van der Waals surface area contributed by atoms with Crippen molar-refractivity contribution in [2.75, 3.05) is 13.1 Å². The van der Waals surface area contributed by atoms with Crippen molar-refractivity contribution in [2.45, 2.75) is 63.6 Å². The highest BCUT2D eigenvalue weighted by Crippen LogP contribution is 2.26. The summed E-state index contributed by atoms with van der Waals surface area (Å²) in [6, 6.07) is 9.13. The van der Waals surface area contributed by atoms with Gasteiger partial charge < -0.3 is 20.1 Å². The number of imidazole rings is 1. The molecule has 1 atom stereocenters. The van der Waals surface area contributed by atoms with Crippen LogP contribution in [0.1, 0.15) is 57.1 Å². The monoisotopic (exact) mass is 381 g/mol. The third kappa shape index (κ3) is 4.55. The number of amides is 2. The van der Waals surface area contributed by atoms with E-state index in [1.807, 2.05) is 35.9 Å². The first-order valence-corrected chi connectivity index (χ1v) is 10.6. The van der Waals surface area contributed by atoms with Gasteiger partial charge in [-0.1, -0.05) is 25.0 Å². The average Bonchev–Trinajstić information content (AvgIpc) is 3.43. The van der Waals surface area contributed by atoms with Crippen LogP contribution in [0.4, 0.5) is 4.79 Å². The van der Waals surface area contributed by atoms with Crippen molar-refractivity contribution < 1.29 is 4.79 Å². The van der Waals surface area contributed by atoms with E-state index in [2.05, 4.69) is 26.6 Å². The first kappa shape index (κ1) is 19.0. The molecule has 1 unspecified atom stereocenters. The SMILES string of the molecule is CC(NC(=O)NC1CCN(C2CCCC2)CC1)c1cccc(-n2ccnc2)c1. The number of carbonyl (C=O) groups is 1.